The molecule has 0 atom stereocenters. The third-order valence-corrected chi connectivity index (χ3v) is 2.86. The molecule has 0 aliphatic heterocycles. The normalized spacial score (nSPS) is 10.0. The number of hydrogen-bond acceptors (Lipinski definition) is 4. The first kappa shape index (κ1) is 14.8. The molecule has 5 heteroatoms. The monoisotopic (exact) mass is 286 g/mol. The molecule has 0 bridgehead atoms. The number of rotatable bonds is 6. The number of aryl methyl sites for hydroxylation is 1. The van der Waals surface area contributed by atoms with Gasteiger partial charge in [-0.15, -0.1) is 0 Å². The van der Waals surface area contributed by atoms with Crippen LogP contribution in [-0.4, -0.2) is 24.6 Å². The van der Waals surface area contributed by atoms with E-state index < -0.39 is 0 Å². The fourth-order valence-corrected chi connectivity index (χ4v) is 1.78. The van der Waals surface area contributed by atoms with Crippen LogP contribution in [0.2, 0.25) is 0 Å². The van der Waals surface area contributed by atoms with Crippen molar-refractivity contribution in [3.63, 3.8) is 0 Å². The second kappa shape index (κ2) is 7.28. The molecule has 0 aliphatic carbocycles. The third-order valence-electron chi connectivity index (χ3n) is 2.86. The summed E-state index contributed by atoms with van der Waals surface area (Å²) in [5.74, 6) is 1.04. The number of aromatic nitrogens is 1. The summed E-state index contributed by atoms with van der Waals surface area (Å²) in [5, 5.41) is 2.79. The molecule has 1 amide bonds. The number of nitrogens with zero attached hydrogens (tertiary/aromatic N) is 1. The van der Waals surface area contributed by atoms with Crippen LogP contribution in [-0.2, 0) is 11.3 Å². The maximum Gasteiger partial charge on any atom is 0.258 e. The number of carbonyl (C=O) groups excluding carboxylic acids is 1. The molecule has 1 aromatic carbocycles. The molecular weight excluding hydrogens is 268 g/mol. The predicted molar refractivity (Wildman–Crippen MR) is 79.3 cm³/mol. The Morgan fingerprint density at radius 3 is 2.90 bits per heavy atom. The van der Waals surface area contributed by atoms with Crippen molar-refractivity contribution in [3.8, 4) is 11.6 Å². The zero-order chi connectivity index (χ0) is 15.1. The Balaban J connectivity index is 1.79. The van der Waals surface area contributed by atoms with Crippen molar-refractivity contribution in [1.82, 2.24) is 10.3 Å². The van der Waals surface area contributed by atoms with E-state index in [0.29, 0.717) is 18.2 Å². The number of benzene rings is 1. The summed E-state index contributed by atoms with van der Waals surface area (Å²) in [6, 6.07) is 11.2. The molecule has 0 fully saturated rings. The van der Waals surface area contributed by atoms with E-state index in [-0.39, 0.29) is 12.5 Å². The molecule has 0 saturated carbocycles. The number of nitrogens with one attached hydrogen (secondary N) is 1. The maximum absolute atomic E-state index is 11.7. The van der Waals surface area contributed by atoms with Crippen LogP contribution in [0.15, 0.2) is 42.6 Å². The largest absolute Gasteiger partial charge is 0.484 e. The van der Waals surface area contributed by atoms with Gasteiger partial charge in [-0.2, -0.15) is 0 Å². The van der Waals surface area contributed by atoms with Crippen molar-refractivity contribution in [3.05, 3.63) is 53.7 Å². The summed E-state index contributed by atoms with van der Waals surface area (Å²) in [5.41, 5.74) is 2.02. The Bertz CT molecular complexity index is 614. The zero-order valence-electron chi connectivity index (χ0n) is 12.1. The van der Waals surface area contributed by atoms with E-state index in [1.54, 1.807) is 19.4 Å². The first-order valence-electron chi connectivity index (χ1n) is 6.62. The van der Waals surface area contributed by atoms with Crippen LogP contribution in [0.5, 0.6) is 11.6 Å². The van der Waals surface area contributed by atoms with Crippen LogP contribution in [0.1, 0.15) is 11.1 Å². The average molecular weight is 286 g/mol. The lowest BCUT2D eigenvalue weighted by molar-refractivity contribution is -0.123. The van der Waals surface area contributed by atoms with Crippen LogP contribution in [0, 0.1) is 6.92 Å². The summed E-state index contributed by atoms with van der Waals surface area (Å²) < 4.78 is 10.5. The SMILES string of the molecule is COc1cc(CNC(=O)COc2cccc(C)c2)ccn1. The van der Waals surface area contributed by atoms with Crippen molar-refractivity contribution in [1.29, 1.82) is 0 Å². The number of pyridine rings is 1. The van der Waals surface area contributed by atoms with Crippen LogP contribution >= 0.6 is 0 Å². The standard InChI is InChI=1S/C16H18N2O3/c1-12-4-3-5-14(8-12)21-11-15(19)18-10-13-6-7-17-16(9-13)20-2/h3-9H,10-11H2,1-2H3,(H,18,19). The molecule has 2 aromatic rings. The summed E-state index contributed by atoms with van der Waals surface area (Å²) in [6.45, 7) is 2.38. The highest BCUT2D eigenvalue weighted by Gasteiger charge is 2.04. The van der Waals surface area contributed by atoms with Gasteiger partial charge in [0.15, 0.2) is 6.61 Å². The van der Waals surface area contributed by atoms with Crippen LogP contribution in [0.3, 0.4) is 0 Å². The van der Waals surface area contributed by atoms with Gasteiger partial charge in [0.2, 0.25) is 5.88 Å². The Hall–Kier alpha value is -2.56. The Morgan fingerprint density at radius 1 is 1.29 bits per heavy atom. The van der Waals surface area contributed by atoms with Gasteiger partial charge in [0.1, 0.15) is 5.75 Å². The van der Waals surface area contributed by atoms with E-state index in [9.17, 15) is 4.79 Å². The molecule has 1 N–H and O–H groups in total. The molecule has 0 saturated heterocycles. The van der Waals surface area contributed by atoms with Crippen molar-refractivity contribution in [2.24, 2.45) is 0 Å². The summed E-state index contributed by atoms with van der Waals surface area (Å²) >= 11 is 0. The second-order valence-corrected chi connectivity index (χ2v) is 4.59. The first-order chi connectivity index (χ1) is 10.2. The predicted octanol–water partition coefficient (Wildman–Crippen LogP) is 2.09. The van der Waals surface area contributed by atoms with Gasteiger partial charge in [-0.25, -0.2) is 4.98 Å². The molecule has 2 rings (SSSR count). The minimum Gasteiger partial charge on any atom is -0.484 e. The molecular formula is C16H18N2O3. The van der Waals surface area contributed by atoms with Crippen LogP contribution in [0.4, 0.5) is 0 Å². The van der Waals surface area contributed by atoms with Gasteiger partial charge in [-0.3, -0.25) is 4.79 Å². The van der Waals surface area contributed by atoms with Gasteiger partial charge in [-0.1, -0.05) is 12.1 Å². The molecule has 110 valence electrons. The zero-order valence-corrected chi connectivity index (χ0v) is 12.1. The number of hydrogen-bond donors (Lipinski definition) is 1. The maximum atomic E-state index is 11.7. The molecule has 1 heterocycles. The quantitative estimate of drug-likeness (QED) is 0.883. The number of ether oxygens (including phenoxy) is 2. The smallest absolute Gasteiger partial charge is 0.258 e. The fraction of sp³-hybridized carbons (Fsp3) is 0.250. The van der Waals surface area contributed by atoms with E-state index in [1.807, 2.05) is 37.3 Å². The second-order valence-electron chi connectivity index (χ2n) is 4.59. The number of amides is 1. The van der Waals surface area contributed by atoms with E-state index in [1.165, 1.54) is 0 Å². The minimum absolute atomic E-state index is 0.00826. The summed E-state index contributed by atoms with van der Waals surface area (Å²) in [6.07, 6.45) is 1.64. The van der Waals surface area contributed by atoms with Gasteiger partial charge in [0, 0.05) is 18.8 Å². The Morgan fingerprint density at radius 2 is 2.14 bits per heavy atom. The molecule has 21 heavy (non-hydrogen) atoms. The van der Waals surface area contributed by atoms with Crippen LogP contribution in [0.25, 0.3) is 0 Å². The lowest BCUT2D eigenvalue weighted by Gasteiger charge is -2.08. The Labute approximate surface area is 123 Å². The highest BCUT2D eigenvalue weighted by Crippen LogP contribution is 2.12. The highest BCUT2D eigenvalue weighted by atomic mass is 16.5. The highest BCUT2D eigenvalue weighted by molar-refractivity contribution is 5.77. The third kappa shape index (κ3) is 4.80. The Kier molecular flexibility index (Phi) is 5.15. The van der Waals surface area contributed by atoms with E-state index in [0.717, 1.165) is 11.1 Å². The number of methoxy groups -OCH3 is 1. The lowest BCUT2D eigenvalue weighted by Crippen LogP contribution is -2.28. The topological polar surface area (TPSA) is 60.5 Å². The summed E-state index contributed by atoms with van der Waals surface area (Å²) in [7, 11) is 1.56. The molecule has 0 spiro atoms. The molecule has 5 nitrogen and oxygen atoms in total. The van der Waals surface area contributed by atoms with Crippen LogP contribution < -0.4 is 14.8 Å². The van der Waals surface area contributed by atoms with Gasteiger partial charge < -0.3 is 14.8 Å². The van der Waals surface area contributed by atoms with E-state index in [4.69, 9.17) is 9.47 Å². The van der Waals surface area contributed by atoms with E-state index >= 15 is 0 Å². The first-order valence-corrected chi connectivity index (χ1v) is 6.62. The van der Waals surface area contributed by atoms with Gasteiger partial charge >= 0.3 is 0 Å². The van der Waals surface area contributed by atoms with Gasteiger partial charge in [0.05, 0.1) is 7.11 Å². The lowest BCUT2D eigenvalue weighted by atomic mass is 10.2. The van der Waals surface area contributed by atoms with Gasteiger partial charge in [-0.05, 0) is 36.2 Å². The van der Waals surface area contributed by atoms with Crippen molar-refractivity contribution in [2.45, 2.75) is 13.5 Å². The van der Waals surface area contributed by atoms with Crippen molar-refractivity contribution < 1.29 is 14.3 Å². The molecule has 0 aliphatic rings. The molecule has 1 aromatic heterocycles. The summed E-state index contributed by atoms with van der Waals surface area (Å²) in [4.78, 5) is 15.8. The van der Waals surface area contributed by atoms with Gasteiger partial charge in [0.25, 0.3) is 5.91 Å². The minimum atomic E-state index is -0.174. The molecule has 0 radical (unpaired) electrons. The van der Waals surface area contributed by atoms with Crippen molar-refractivity contribution in [2.75, 3.05) is 13.7 Å². The molecule has 0 unspecified atom stereocenters. The van der Waals surface area contributed by atoms with E-state index in [2.05, 4.69) is 10.3 Å². The van der Waals surface area contributed by atoms with Crippen molar-refractivity contribution >= 4 is 5.91 Å². The average Bonchev–Trinajstić information content (AvgIpc) is 2.51. The fourth-order valence-electron chi connectivity index (χ4n) is 1.78. The number of carbonyl (C=O) groups is 1.